The minimum Gasteiger partial charge on any atom is -1.00 e. The summed E-state index contributed by atoms with van der Waals surface area (Å²) in [5, 5.41) is 10.5. The van der Waals surface area contributed by atoms with Gasteiger partial charge in [-0.15, -0.1) is 5.43 Å². The van der Waals surface area contributed by atoms with Gasteiger partial charge >= 0.3 is 5.91 Å². The monoisotopic (exact) mass is 293 g/mol. The van der Waals surface area contributed by atoms with Gasteiger partial charge in [-0.2, -0.15) is 0 Å². The molecule has 1 amide bonds. The number of rotatable bonds is 3. The van der Waals surface area contributed by atoms with Gasteiger partial charge in [-0.25, -0.2) is 0 Å². The number of benzene rings is 1. The average Bonchev–Trinajstić information content (AvgIpc) is 2.41. The van der Waals surface area contributed by atoms with Crippen LogP contribution in [0.1, 0.15) is 16.1 Å². The molecule has 0 bridgehead atoms. The lowest BCUT2D eigenvalue weighted by molar-refractivity contribution is -0.647. The Morgan fingerprint density at radius 1 is 1.20 bits per heavy atom. The summed E-state index contributed by atoms with van der Waals surface area (Å²) in [6.07, 6.45) is 1.72. The molecule has 20 heavy (non-hydrogen) atoms. The predicted molar refractivity (Wildman–Crippen MR) is 68.2 cm³/mol. The van der Waals surface area contributed by atoms with Gasteiger partial charge in [-0.3, -0.25) is 14.9 Å². The summed E-state index contributed by atoms with van der Waals surface area (Å²) in [6.45, 7) is 1.86. The van der Waals surface area contributed by atoms with E-state index >= 15 is 0 Å². The zero-order valence-electron chi connectivity index (χ0n) is 10.6. The molecule has 1 aromatic heterocycles. The van der Waals surface area contributed by atoms with Crippen LogP contribution in [-0.4, -0.2) is 10.8 Å². The molecule has 0 saturated carbocycles. The highest BCUT2D eigenvalue weighted by Crippen LogP contribution is 2.11. The molecule has 0 fully saturated rings. The molecule has 1 heterocycles. The van der Waals surface area contributed by atoms with E-state index in [4.69, 9.17) is 0 Å². The Kier molecular flexibility index (Phi) is 5.16. The van der Waals surface area contributed by atoms with Crippen molar-refractivity contribution in [3.05, 3.63) is 70.0 Å². The first-order chi connectivity index (χ1) is 9.08. The number of carbonyl (C=O) groups excluding carboxylic acids is 1. The topological polar surface area (TPSA) is 76.1 Å². The number of aryl methyl sites for hydroxylation is 1. The molecule has 2 aromatic rings. The fourth-order valence-corrected chi connectivity index (χ4v) is 1.56. The molecular formula is C13H12ClN3O3. The maximum Gasteiger partial charge on any atom is 0.305 e. The van der Waals surface area contributed by atoms with Crippen LogP contribution in [0.4, 0.5) is 5.69 Å². The molecule has 6 nitrogen and oxygen atoms in total. The van der Waals surface area contributed by atoms with Crippen LogP contribution in [0.15, 0.2) is 48.7 Å². The van der Waals surface area contributed by atoms with E-state index in [0.717, 1.165) is 5.69 Å². The Morgan fingerprint density at radius 2 is 1.85 bits per heavy atom. The van der Waals surface area contributed by atoms with Gasteiger partial charge < -0.3 is 12.4 Å². The fourth-order valence-electron chi connectivity index (χ4n) is 1.56. The number of pyridine rings is 1. The van der Waals surface area contributed by atoms with Crippen LogP contribution in [0.25, 0.3) is 0 Å². The fraction of sp³-hybridized carbons (Fsp3) is 0.0769. The summed E-state index contributed by atoms with van der Waals surface area (Å²) in [4.78, 5) is 22.0. The lowest BCUT2D eigenvalue weighted by Crippen LogP contribution is -3.00. The predicted octanol–water partition coefficient (Wildman–Crippen LogP) is -1.42. The smallest absolute Gasteiger partial charge is 0.305 e. The highest BCUT2D eigenvalue weighted by Gasteiger charge is 2.14. The third kappa shape index (κ3) is 3.52. The van der Waals surface area contributed by atoms with Gasteiger partial charge in [0.05, 0.1) is 4.92 Å². The van der Waals surface area contributed by atoms with Crippen molar-refractivity contribution >= 4 is 11.6 Å². The maximum atomic E-state index is 11.9. The van der Waals surface area contributed by atoms with Crippen LogP contribution < -0.4 is 22.5 Å². The number of carbonyl (C=O) groups is 1. The molecule has 0 aliphatic carbocycles. The van der Waals surface area contributed by atoms with Crippen LogP contribution in [-0.2, 0) is 0 Å². The average molecular weight is 294 g/mol. The second-order valence-electron chi connectivity index (χ2n) is 3.96. The number of nitrogens with zero attached hydrogens (tertiary/aromatic N) is 2. The summed E-state index contributed by atoms with van der Waals surface area (Å²) in [6, 6.07) is 11.0. The zero-order chi connectivity index (χ0) is 13.8. The number of halogens is 1. The number of nitro benzene ring substituents is 1. The number of nitro groups is 1. The molecule has 0 saturated heterocycles. The van der Waals surface area contributed by atoms with Crippen molar-refractivity contribution in [1.82, 2.24) is 0 Å². The number of hydrogen-bond donors (Lipinski definition) is 1. The second kappa shape index (κ2) is 6.63. The normalized spacial score (nSPS) is 9.45. The quantitative estimate of drug-likeness (QED) is 0.429. The molecule has 0 atom stereocenters. The number of hydrogen-bond acceptors (Lipinski definition) is 3. The van der Waals surface area contributed by atoms with E-state index in [-0.39, 0.29) is 24.0 Å². The van der Waals surface area contributed by atoms with Crippen molar-refractivity contribution in [2.45, 2.75) is 6.92 Å². The Balaban J connectivity index is 0.00000200. The largest absolute Gasteiger partial charge is 1.00 e. The van der Waals surface area contributed by atoms with Gasteiger partial charge in [0.25, 0.3) is 5.69 Å². The highest BCUT2D eigenvalue weighted by atomic mass is 35.5. The van der Waals surface area contributed by atoms with E-state index in [2.05, 4.69) is 5.43 Å². The van der Waals surface area contributed by atoms with E-state index in [1.807, 2.05) is 19.1 Å². The first kappa shape index (κ1) is 15.6. The van der Waals surface area contributed by atoms with Crippen molar-refractivity contribution in [2.24, 2.45) is 0 Å². The van der Waals surface area contributed by atoms with Gasteiger partial charge in [-0.1, -0.05) is 4.68 Å². The van der Waals surface area contributed by atoms with E-state index in [1.54, 1.807) is 16.9 Å². The van der Waals surface area contributed by atoms with Crippen LogP contribution >= 0.6 is 0 Å². The van der Waals surface area contributed by atoms with E-state index in [0.29, 0.717) is 5.56 Å². The molecule has 1 aromatic carbocycles. The number of nitrogens with one attached hydrogen (secondary N) is 1. The number of amides is 1. The lowest BCUT2D eigenvalue weighted by Gasteiger charge is -2.01. The minimum absolute atomic E-state index is 0. The SMILES string of the molecule is Cc1cccc[n+]1NC(=O)c1ccc([N+](=O)[O-])cc1.[Cl-]. The molecule has 0 unspecified atom stereocenters. The summed E-state index contributed by atoms with van der Waals surface area (Å²) in [5.74, 6) is -0.325. The van der Waals surface area contributed by atoms with Gasteiger partial charge in [-0.05, 0) is 18.2 Å². The highest BCUT2D eigenvalue weighted by molar-refractivity contribution is 5.98. The number of non-ortho nitro benzene ring substituents is 1. The third-order valence-electron chi connectivity index (χ3n) is 2.63. The number of aromatic nitrogens is 1. The second-order valence-corrected chi connectivity index (χ2v) is 3.96. The molecular weight excluding hydrogens is 282 g/mol. The van der Waals surface area contributed by atoms with E-state index in [1.165, 1.54) is 24.3 Å². The molecule has 104 valence electrons. The molecule has 7 heteroatoms. The van der Waals surface area contributed by atoms with Crippen LogP contribution in [0.2, 0.25) is 0 Å². The van der Waals surface area contributed by atoms with Crippen molar-refractivity contribution in [1.29, 1.82) is 0 Å². The summed E-state index contributed by atoms with van der Waals surface area (Å²) < 4.78 is 1.59. The van der Waals surface area contributed by atoms with Gasteiger partial charge in [0, 0.05) is 36.8 Å². The Labute approximate surface area is 121 Å². The molecule has 0 radical (unpaired) electrons. The van der Waals surface area contributed by atoms with Gasteiger partial charge in [0.2, 0.25) is 5.69 Å². The standard InChI is InChI=1S/C13H11N3O3.ClH/c1-10-4-2-3-9-15(10)14-13(17)11-5-7-12(8-6-11)16(18)19;/h2-9H,1H3;1H. The minimum atomic E-state index is -0.502. The molecule has 1 N–H and O–H groups in total. The van der Waals surface area contributed by atoms with E-state index < -0.39 is 4.92 Å². The van der Waals surface area contributed by atoms with Crippen LogP contribution in [0.3, 0.4) is 0 Å². The maximum absolute atomic E-state index is 11.9. The Bertz CT molecular complexity index is 629. The molecule has 0 aliphatic rings. The third-order valence-corrected chi connectivity index (χ3v) is 2.63. The van der Waals surface area contributed by atoms with E-state index in [9.17, 15) is 14.9 Å². The van der Waals surface area contributed by atoms with Gasteiger partial charge in [0.1, 0.15) is 0 Å². The molecule has 2 rings (SSSR count). The van der Waals surface area contributed by atoms with Crippen molar-refractivity contribution < 1.29 is 26.8 Å². The summed E-state index contributed by atoms with van der Waals surface area (Å²) in [5.41, 5.74) is 3.88. The van der Waals surface area contributed by atoms with Crippen LogP contribution in [0.5, 0.6) is 0 Å². The van der Waals surface area contributed by atoms with Crippen molar-refractivity contribution in [2.75, 3.05) is 5.43 Å². The first-order valence-electron chi connectivity index (χ1n) is 5.61. The van der Waals surface area contributed by atoms with Crippen molar-refractivity contribution in [3.63, 3.8) is 0 Å². The zero-order valence-corrected chi connectivity index (χ0v) is 11.4. The van der Waals surface area contributed by atoms with Crippen molar-refractivity contribution in [3.8, 4) is 0 Å². The molecule has 0 aliphatic heterocycles. The Morgan fingerprint density at radius 3 is 2.40 bits per heavy atom. The first-order valence-corrected chi connectivity index (χ1v) is 5.61. The summed E-state index contributed by atoms with van der Waals surface area (Å²) in [7, 11) is 0. The van der Waals surface area contributed by atoms with Crippen LogP contribution in [0, 0.1) is 17.0 Å². The van der Waals surface area contributed by atoms with Gasteiger partial charge in [0.15, 0.2) is 6.20 Å². The Hall–Kier alpha value is -2.47. The summed E-state index contributed by atoms with van der Waals surface area (Å²) >= 11 is 0. The molecule has 0 spiro atoms. The lowest BCUT2D eigenvalue weighted by atomic mass is 10.2.